The molecule has 4 nitrogen and oxygen atoms in total. The highest BCUT2D eigenvalue weighted by Crippen LogP contribution is 2.47. The summed E-state index contributed by atoms with van der Waals surface area (Å²) < 4.78 is 2.35. The predicted molar refractivity (Wildman–Crippen MR) is 161 cm³/mol. The third kappa shape index (κ3) is 6.48. The number of aliphatic carboxylic acids is 1. The molecule has 3 aromatic carbocycles. The minimum absolute atomic E-state index is 0.102. The van der Waals surface area contributed by atoms with Crippen LogP contribution in [0, 0.1) is 6.92 Å². The van der Waals surface area contributed by atoms with E-state index in [1.807, 2.05) is 36.4 Å². The van der Waals surface area contributed by atoms with E-state index >= 15 is 0 Å². The zero-order valence-corrected chi connectivity index (χ0v) is 24.8. The Morgan fingerprint density at radius 3 is 2.34 bits per heavy atom. The Morgan fingerprint density at radius 1 is 1.05 bits per heavy atom. The summed E-state index contributed by atoms with van der Waals surface area (Å²) in [4.78, 5) is 23.7. The zero-order valence-electron chi connectivity index (χ0n) is 21.6. The van der Waals surface area contributed by atoms with Crippen molar-refractivity contribution < 1.29 is 14.7 Å². The van der Waals surface area contributed by atoms with Crippen molar-refractivity contribution in [3.63, 3.8) is 0 Å². The van der Waals surface area contributed by atoms with Crippen LogP contribution in [-0.2, 0) is 4.79 Å². The summed E-state index contributed by atoms with van der Waals surface area (Å²) in [7, 11) is 0. The molecule has 3 atom stereocenters. The van der Waals surface area contributed by atoms with Gasteiger partial charge in [0.15, 0.2) is 0 Å². The maximum absolute atomic E-state index is 12.7. The fraction of sp³-hybridized carbons (Fsp3) is 0.290. The summed E-state index contributed by atoms with van der Waals surface area (Å²) in [5.41, 5.74) is 5.38. The van der Waals surface area contributed by atoms with Crippen molar-refractivity contribution in [1.82, 2.24) is 5.32 Å². The summed E-state index contributed by atoms with van der Waals surface area (Å²) in [5.74, 6) is -0.922. The third-order valence-corrected chi connectivity index (χ3v) is 9.02. The van der Waals surface area contributed by atoms with Crippen molar-refractivity contribution >= 4 is 60.8 Å². The lowest BCUT2D eigenvalue weighted by Crippen LogP contribution is -2.34. The summed E-state index contributed by atoms with van der Waals surface area (Å²) in [6.07, 6.45) is 1.86. The lowest BCUT2D eigenvalue weighted by atomic mass is 9.75. The Labute approximate surface area is 241 Å². The number of carbonyl (C=O) groups excluding carboxylic acids is 1. The molecule has 0 spiro atoms. The van der Waals surface area contributed by atoms with E-state index in [4.69, 9.17) is 16.7 Å². The molecule has 0 fully saturated rings. The molecule has 198 valence electrons. The Balaban J connectivity index is 1.75. The van der Waals surface area contributed by atoms with Gasteiger partial charge in [-0.1, -0.05) is 55.3 Å². The fourth-order valence-corrected chi connectivity index (χ4v) is 7.10. The van der Waals surface area contributed by atoms with E-state index in [-0.39, 0.29) is 24.2 Å². The average Bonchev–Trinajstić information content (AvgIpc) is 3.28. The lowest BCUT2D eigenvalue weighted by molar-refractivity contribution is -0.137. The van der Waals surface area contributed by atoms with Crippen LogP contribution in [0.3, 0.4) is 0 Å². The van der Waals surface area contributed by atoms with Crippen LogP contribution >= 0.6 is 38.9 Å². The van der Waals surface area contributed by atoms with Crippen LogP contribution in [0.2, 0.25) is 5.02 Å². The van der Waals surface area contributed by atoms with Crippen LogP contribution in [-0.4, -0.2) is 23.0 Å². The Morgan fingerprint density at radius 2 is 1.71 bits per heavy atom. The normalized spacial score (nSPS) is 13.7. The van der Waals surface area contributed by atoms with Gasteiger partial charge < -0.3 is 10.4 Å². The molecule has 0 aliphatic carbocycles. The van der Waals surface area contributed by atoms with Gasteiger partial charge in [0, 0.05) is 31.7 Å². The van der Waals surface area contributed by atoms with Gasteiger partial charge in [-0.15, -0.1) is 11.3 Å². The first kappa shape index (κ1) is 28.3. The molecule has 0 radical (unpaired) electrons. The molecule has 0 saturated carbocycles. The first-order valence-electron chi connectivity index (χ1n) is 12.7. The quantitative estimate of drug-likeness (QED) is 0.188. The maximum Gasteiger partial charge on any atom is 0.305 e. The van der Waals surface area contributed by atoms with Crippen molar-refractivity contribution in [1.29, 1.82) is 0 Å². The number of amides is 1. The first-order chi connectivity index (χ1) is 18.2. The van der Waals surface area contributed by atoms with Crippen LogP contribution < -0.4 is 5.32 Å². The zero-order chi connectivity index (χ0) is 27.4. The molecule has 0 saturated heterocycles. The van der Waals surface area contributed by atoms with E-state index in [9.17, 15) is 9.59 Å². The van der Waals surface area contributed by atoms with Gasteiger partial charge in [0.05, 0.1) is 6.42 Å². The minimum atomic E-state index is -0.938. The number of benzene rings is 3. The number of carboxylic acid groups (broad SMARTS) is 1. The van der Waals surface area contributed by atoms with Crippen LogP contribution in [0.1, 0.15) is 77.6 Å². The number of fused-ring (bicyclic) bond motifs is 1. The van der Waals surface area contributed by atoms with Crippen molar-refractivity contribution in [3.8, 4) is 0 Å². The number of carbonyl (C=O) groups is 2. The highest BCUT2D eigenvalue weighted by atomic mass is 79.9. The van der Waals surface area contributed by atoms with Gasteiger partial charge in [-0.3, -0.25) is 9.59 Å². The van der Waals surface area contributed by atoms with Gasteiger partial charge in [0.2, 0.25) is 0 Å². The molecule has 4 rings (SSSR count). The van der Waals surface area contributed by atoms with Gasteiger partial charge in [0.25, 0.3) is 5.91 Å². The number of halogens is 2. The summed E-state index contributed by atoms with van der Waals surface area (Å²) in [6.45, 7) is 6.01. The monoisotopic (exact) mass is 611 g/mol. The van der Waals surface area contributed by atoms with E-state index in [0.29, 0.717) is 10.6 Å². The maximum atomic E-state index is 12.7. The van der Waals surface area contributed by atoms with Gasteiger partial charge in [-0.05, 0) is 105 Å². The highest BCUT2D eigenvalue weighted by molar-refractivity contribution is 9.10. The Hall–Kier alpha value is -2.67. The Kier molecular flexibility index (Phi) is 9.29. The summed E-state index contributed by atoms with van der Waals surface area (Å²) in [6, 6.07) is 19.9. The highest BCUT2D eigenvalue weighted by Gasteiger charge is 2.29. The van der Waals surface area contributed by atoms with Crippen molar-refractivity contribution in [3.05, 3.63) is 103 Å². The molecule has 1 heterocycles. The van der Waals surface area contributed by atoms with Crippen LogP contribution in [0.25, 0.3) is 10.1 Å². The summed E-state index contributed by atoms with van der Waals surface area (Å²) in [5, 5.41) is 16.0. The van der Waals surface area contributed by atoms with Gasteiger partial charge in [-0.2, -0.15) is 0 Å². The standard InChI is InChI=1S/C31H31BrClNO3S/c1-4-5-24(20-6-8-22(9-7-20)31(37)34-19(3)16-28(35)36)29(21-10-12-23(33)13-11-21)26-17-38-30-25(26)14-18(2)15-27(30)32/h6-15,17,19,24,29H,4-5,16H2,1-3H3,(H,34,37)(H,35,36)/t19?,24-,29?/m1/s1. The second-order valence-corrected chi connectivity index (χ2v) is 12.0. The number of aryl methyl sites for hydroxylation is 1. The molecule has 4 aromatic rings. The van der Waals surface area contributed by atoms with E-state index in [0.717, 1.165) is 22.9 Å². The molecule has 38 heavy (non-hydrogen) atoms. The van der Waals surface area contributed by atoms with E-state index < -0.39 is 12.0 Å². The second-order valence-electron chi connectivity index (χ2n) is 9.83. The van der Waals surface area contributed by atoms with Gasteiger partial charge >= 0.3 is 5.97 Å². The molecule has 0 bridgehead atoms. The Bertz CT molecular complexity index is 1430. The number of hydrogen-bond donors (Lipinski definition) is 2. The van der Waals surface area contributed by atoms with Gasteiger partial charge in [-0.25, -0.2) is 0 Å². The lowest BCUT2D eigenvalue weighted by Gasteiger charge is -2.29. The van der Waals surface area contributed by atoms with E-state index in [1.165, 1.54) is 26.8 Å². The van der Waals surface area contributed by atoms with Crippen molar-refractivity contribution in [2.24, 2.45) is 0 Å². The number of thiophene rings is 1. The molecule has 0 aliphatic heterocycles. The number of hydrogen-bond acceptors (Lipinski definition) is 3. The first-order valence-corrected chi connectivity index (χ1v) is 14.8. The molecule has 2 N–H and O–H groups in total. The SMILES string of the molecule is CCC[C@H](c1ccc(C(=O)NC(C)CC(=O)O)cc1)C(c1ccc(Cl)cc1)c1csc2c(Br)cc(C)cc12. The smallest absolute Gasteiger partial charge is 0.305 e. The molecule has 0 aliphatic rings. The van der Waals surface area contributed by atoms with Crippen molar-refractivity contribution in [2.75, 3.05) is 0 Å². The molecule has 2 unspecified atom stereocenters. The number of carboxylic acids is 1. The topological polar surface area (TPSA) is 66.4 Å². The second kappa shape index (κ2) is 12.5. The summed E-state index contributed by atoms with van der Waals surface area (Å²) >= 11 is 11.8. The molecular weight excluding hydrogens is 582 g/mol. The van der Waals surface area contributed by atoms with Gasteiger partial charge in [0.1, 0.15) is 0 Å². The molecule has 1 aromatic heterocycles. The van der Waals surface area contributed by atoms with E-state index in [2.05, 4.69) is 64.7 Å². The molecular formula is C31H31BrClNO3S. The van der Waals surface area contributed by atoms with Crippen LogP contribution in [0.5, 0.6) is 0 Å². The predicted octanol–water partition coefficient (Wildman–Crippen LogP) is 8.93. The average molecular weight is 613 g/mol. The van der Waals surface area contributed by atoms with Crippen molar-refractivity contribution in [2.45, 2.75) is 57.9 Å². The van der Waals surface area contributed by atoms with E-state index in [1.54, 1.807) is 18.3 Å². The third-order valence-electron chi connectivity index (χ3n) is 6.83. The molecule has 7 heteroatoms. The fourth-order valence-electron chi connectivity index (χ4n) is 5.13. The number of nitrogens with one attached hydrogen (secondary N) is 1. The van der Waals surface area contributed by atoms with Crippen LogP contribution in [0.15, 0.2) is 70.5 Å². The number of rotatable bonds is 10. The largest absolute Gasteiger partial charge is 0.481 e. The molecule has 1 amide bonds. The minimum Gasteiger partial charge on any atom is -0.481 e. The van der Waals surface area contributed by atoms with Crippen LogP contribution in [0.4, 0.5) is 0 Å².